The van der Waals surface area contributed by atoms with Crippen molar-refractivity contribution in [3.05, 3.63) is 71.6 Å². The molecule has 1 aromatic heterocycles. The third-order valence-electron chi connectivity index (χ3n) is 4.61. The number of hydrogen-bond acceptors (Lipinski definition) is 7. The van der Waals surface area contributed by atoms with Crippen molar-refractivity contribution >= 4 is 23.1 Å². The third-order valence-corrected chi connectivity index (χ3v) is 4.61. The van der Waals surface area contributed by atoms with Crippen molar-refractivity contribution in [2.24, 2.45) is 10.7 Å². The van der Waals surface area contributed by atoms with Crippen LogP contribution in [0.25, 0.3) is 5.82 Å². The number of nitrogens with zero attached hydrogens (tertiary/aromatic N) is 2. The van der Waals surface area contributed by atoms with Crippen LogP contribution in [-0.4, -0.2) is 26.3 Å². The van der Waals surface area contributed by atoms with Gasteiger partial charge in [-0.15, -0.1) is 0 Å². The molecule has 1 aliphatic rings. The van der Waals surface area contributed by atoms with Gasteiger partial charge in [0.25, 0.3) is 5.91 Å². The van der Waals surface area contributed by atoms with Crippen LogP contribution in [0.1, 0.15) is 0 Å². The van der Waals surface area contributed by atoms with Crippen molar-refractivity contribution < 1.29 is 18.7 Å². The second kappa shape index (κ2) is 7.59. The number of furan rings is 1. The zero-order chi connectivity index (χ0) is 20.4. The second-order valence-electron chi connectivity index (χ2n) is 6.31. The summed E-state index contributed by atoms with van der Waals surface area (Å²) in [6, 6.07) is 16.0. The minimum atomic E-state index is -0.941. The highest BCUT2D eigenvalue weighted by atomic mass is 16.5. The molecular weight excluding hydrogens is 372 g/mol. The molecule has 8 nitrogen and oxygen atoms in total. The number of anilines is 2. The summed E-state index contributed by atoms with van der Waals surface area (Å²) in [5, 5.41) is 3.50. The van der Waals surface area contributed by atoms with Gasteiger partial charge in [-0.3, -0.25) is 9.69 Å². The summed E-state index contributed by atoms with van der Waals surface area (Å²) in [5.41, 5.74) is 8.03. The van der Waals surface area contributed by atoms with Crippen LogP contribution in [-0.2, 0) is 4.79 Å². The van der Waals surface area contributed by atoms with Gasteiger partial charge in [-0.2, -0.15) is 0 Å². The molecule has 1 atom stereocenters. The summed E-state index contributed by atoms with van der Waals surface area (Å²) in [4.78, 5) is 19.2. The lowest BCUT2D eigenvalue weighted by molar-refractivity contribution is -0.117. The maximum Gasteiger partial charge on any atom is 0.270 e. The van der Waals surface area contributed by atoms with Crippen molar-refractivity contribution in [3.8, 4) is 11.5 Å². The van der Waals surface area contributed by atoms with Gasteiger partial charge in [-0.25, -0.2) is 4.99 Å². The van der Waals surface area contributed by atoms with E-state index < -0.39 is 6.17 Å². The van der Waals surface area contributed by atoms with Gasteiger partial charge in [0.05, 0.1) is 25.7 Å². The Bertz CT molecular complexity index is 1140. The fourth-order valence-corrected chi connectivity index (χ4v) is 3.11. The van der Waals surface area contributed by atoms with E-state index in [1.165, 1.54) is 6.26 Å². The van der Waals surface area contributed by atoms with Crippen LogP contribution in [0.5, 0.6) is 11.5 Å². The Balaban J connectivity index is 1.70. The number of rotatable bonds is 5. The molecule has 1 unspecified atom stereocenters. The average Bonchev–Trinajstić information content (AvgIpc) is 3.23. The molecule has 0 saturated carbocycles. The number of hydrogen-bond donors (Lipinski definition) is 2. The predicted octanol–water partition coefficient (Wildman–Crippen LogP) is 1.43. The van der Waals surface area contributed by atoms with Gasteiger partial charge in [0.1, 0.15) is 17.3 Å². The Labute approximate surface area is 166 Å². The highest BCUT2D eigenvalue weighted by Gasteiger charge is 2.31. The highest BCUT2D eigenvalue weighted by Crippen LogP contribution is 2.25. The van der Waals surface area contributed by atoms with Crippen LogP contribution in [0.3, 0.4) is 0 Å². The molecule has 3 aromatic rings. The van der Waals surface area contributed by atoms with Gasteiger partial charge in [-0.05, 0) is 54.6 Å². The summed E-state index contributed by atoms with van der Waals surface area (Å²) >= 11 is 0. The van der Waals surface area contributed by atoms with Crippen molar-refractivity contribution in [1.82, 2.24) is 0 Å². The smallest absolute Gasteiger partial charge is 0.270 e. The molecule has 0 fully saturated rings. The topological polar surface area (TPSA) is 102 Å². The number of fused-ring (bicyclic) bond motifs is 1. The van der Waals surface area contributed by atoms with E-state index in [1.807, 2.05) is 12.1 Å². The van der Waals surface area contributed by atoms with Gasteiger partial charge >= 0.3 is 0 Å². The molecule has 2 heterocycles. The third kappa shape index (κ3) is 3.47. The fourth-order valence-electron chi connectivity index (χ4n) is 3.11. The molecule has 0 bridgehead atoms. The van der Waals surface area contributed by atoms with E-state index in [-0.39, 0.29) is 5.91 Å². The molecule has 3 N–H and O–H groups in total. The second-order valence-corrected chi connectivity index (χ2v) is 6.31. The van der Waals surface area contributed by atoms with E-state index in [2.05, 4.69) is 10.3 Å². The minimum absolute atomic E-state index is 0.321. The molecule has 1 amide bonds. The Hall–Kier alpha value is -3.94. The van der Waals surface area contributed by atoms with E-state index in [9.17, 15) is 4.79 Å². The number of carbonyl (C=O) groups is 1. The average molecular weight is 392 g/mol. The van der Waals surface area contributed by atoms with Gasteiger partial charge in [0, 0.05) is 11.4 Å². The van der Waals surface area contributed by atoms with Crippen molar-refractivity contribution in [2.45, 2.75) is 6.17 Å². The quantitative estimate of drug-likeness (QED) is 0.681. The Kier molecular flexibility index (Phi) is 4.82. The number of ether oxygens (including phenoxy) is 2. The molecular formula is C21H20N4O4. The Morgan fingerprint density at radius 1 is 1.03 bits per heavy atom. The number of nitrogens with one attached hydrogen (secondary N) is 1. The molecule has 1 aliphatic heterocycles. The zero-order valence-corrected chi connectivity index (χ0v) is 16.0. The standard InChI is InChI=1S/C21H20N4O4/c1-27-15-7-3-13(4-8-15)23-20(26)19-24-21-17(11-12-29-21)18(22)25(19)14-5-9-16(28-2)10-6-14/h3-12,19H,22H2,1-2H3,(H,23,26). The van der Waals surface area contributed by atoms with Crippen LogP contribution < -0.4 is 36.2 Å². The summed E-state index contributed by atoms with van der Waals surface area (Å²) in [6.45, 7) is 0. The minimum Gasteiger partial charge on any atom is -0.497 e. The first-order chi connectivity index (χ1) is 14.1. The molecule has 148 valence electrons. The number of carbonyl (C=O) groups excluding carboxylic acids is 1. The molecule has 2 aromatic carbocycles. The zero-order valence-electron chi connectivity index (χ0n) is 16.0. The first-order valence-corrected chi connectivity index (χ1v) is 8.90. The molecule has 4 rings (SSSR count). The van der Waals surface area contributed by atoms with Crippen LogP contribution in [0, 0.1) is 0 Å². The Morgan fingerprint density at radius 3 is 2.28 bits per heavy atom. The molecule has 0 spiro atoms. The molecule has 0 aliphatic carbocycles. The lowest BCUT2D eigenvalue weighted by Crippen LogP contribution is -2.52. The molecule has 29 heavy (non-hydrogen) atoms. The summed E-state index contributed by atoms with van der Waals surface area (Å²) < 4.78 is 15.8. The normalized spacial score (nSPS) is 15.3. The van der Waals surface area contributed by atoms with Crippen molar-refractivity contribution in [2.75, 3.05) is 24.4 Å². The van der Waals surface area contributed by atoms with Gasteiger partial charge in [0.2, 0.25) is 11.7 Å². The SMILES string of the molecule is COc1ccc(NC(=O)C2N=c3occc3=C(N)N2c2ccc(OC)cc2)cc1. The van der Waals surface area contributed by atoms with Crippen LogP contribution in [0.2, 0.25) is 0 Å². The van der Waals surface area contributed by atoms with Crippen molar-refractivity contribution in [1.29, 1.82) is 0 Å². The summed E-state index contributed by atoms with van der Waals surface area (Å²) in [7, 11) is 3.18. The summed E-state index contributed by atoms with van der Waals surface area (Å²) in [6.07, 6.45) is 0.556. The number of benzene rings is 2. The van der Waals surface area contributed by atoms with Crippen LogP contribution >= 0.6 is 0 Å². The van der Waals surface area contributed by atoms with Crippen LogP contribution in [0.4, 0.5) is 11.4 Å². The van der Waals surface area contributed by atoms with Gasteiger partial charge in [0.15, 0.2) is 0 Å². The van der Waals surface area contributed by atoms with Gasteiger partial charge < -0.3 is 24.9 Å². The van der Waals surface area contributed by atoms with Gasteiger partial charge in [-0.1, -0.05) is 0 Å². The molecule has 0 saturated heterocycles. The Morgan fingerprint density at radius 2 is 1.66 bits per heavy atom. The lowest BCUT2D eigenvalue weighted by Gasteiger charge is -2.31. The first kappa shape index (κ1) is 18.4. The number of methoxy groups -OCH3 is 2. The van der Waals surface area contributed by atoms with E-state index >= 15 is 0 Å². The monoisotopic (exact) mass is 392 g/mol. The fraction of sp³-hybridized carbons (Fsp3) is 0.143. The largest absolute Gasteiger partial charge is 0.497 e. The van der Waals surface area contributed by atoms with E-state index in [1.54, 1.807) is 61.6 Å². The summed E-state index contributed by atoms with van der Waals surface area (Å²) in [5.74, 6) is 1.42. The number of nitrogens with two attached hydrogens (primary N) is 1. The molecule has 8 heteroatoms. The van der Waals surface area contributed by atoms with E-state index in [0.29, 0.717) is 39.5 Å². The molecule has 0 radical (unpaired) electrons. The van der Waals surface area contributed by atoms with Crippen molar-refractivity contribution in [3.63, 3.8) is 0 Å². The van der Waals surface area contributed by atoms with Crippen LogP contribution in [0.15, 0.2) is 70.3 Å². The maximum atomic E-state index is 13.1. The first-order valence-electron chi connectivity index (χ1n) is 8.90. The van der Waals surface area contributed by atoms with E-state index in [4.69, 9.17) is 19.6 Å². The van der Waals surface area contributed by atoms with E-state index in [0.717, 1.165) is 0 Å². The maximum absolute atomic E-state index is 13.1. The number of amides is 1. The predicted molar refractivity (Wildman–Crippen MR) is 108 cm³/mol. The highest BCUT2D eigenvalue weighted by molar-refractivity contribution is 5.98. The lowest BCUT2D eigenvalue weighted by atomic mass is 10.2.